The number of hydrogen-bond donors (Lipinski definition) is 0. The van der Waals surface area contributed by atoms with Crippen molar-refractivity contribution in [3.63, 3.8) is 0 Å². The van der Waals surface area contributed by atoms with Crippen molar-refractivity contribution in [2.75, 3.05) is 7.05 Å². The summed E-state index contributed by atoms with van der Waals surface area (Å²) in [5.41, 5.74) is 1.15. The first kappa shape index (κ1) is 12.9. The molecule has 0 spiro atoms. The normalized spacial score (nSPS) is 10.8. The molecule has 94 valence electrons. The van der Waals surface area contributed by atoms with Gasteiger partial charge in [-0.2, -0.15) is 0 Å². The van der Waals surface area contributed by atoms with Crippen LogP contribution in [-0.2, 0) is 13.1 Å². The summed E-state index contributed by atoms with van der Waals surface area (Å²) in [6.07, 6.45) is 0.709. The highest BCUT2D eigenvalue weighted by Gasteiger charge is 2.06. The van der Waals surface area contributed by atoms with Crippen molar-refractivity contribution >= 4 is 17.9 Å². The molecule has 0 atom stereocenters. The van der Waals surface area contributed by atoms with Gasteiger partial charge in [0.15, 0.2) is 12.0 Å². The maximum Gasteiger partial charge on any atom is 0.185 e. The average Bonchev–Trinajstić information content (AvgIpc) is 2.76. The van der Waals surface area contributed by atoms with Crippen LogP contribution in [-0.4, -0.2) is 18.2 Å². The number of halogens is 1. The van der Waals surface area contributed by atoms with E-state index in [1.54, 1.807) is 6.07 Å². The first-order valence-corrected chi connectivity index (χ1v) is 6.02. The summed E-state index contributed by atoms with van der Waals surface area (Å²) >= 11 is 5.93. The summed E-state index contributed by atoms with van der Waals surface area (Å²) in [4.78, 5) is 12.6. The van der Waals surface area contributed by atoms with Gasteiger partial charge in [0, 0.05) is 11.6 Å². The van der Waals surface area contributed by atoms with Gasteiger partial charge in [-0.25, -0.2) is 0 Å². The second-order valence-electron chi connectivity index (χ2n) is 4.22. The number of rotatable bonds is 5. The Morgan fingerprint density at radius 3 is 2.78 bits per heavy atom. The molecule has 2 rings (SSSR count). The molecule has 18 heavy (non-hydrogen) atoms. The molecule has 0 aliphatic rings. The minimum Gasteiger partial charge on any atom is -0.457 e. The van der Waals surface area contributed by atoms with E-state index in [1.165, 1.54) is 0 Å². The number of benzene rings is 1. The second kappa shape index (κ2) is 5.85. The smallest absolute Gasteiger partial charge is 0.185 e. The Kier molecular flexibility index (Phi) is 4.18. The van der Waals surface area contributed by atoms with Crippen LogP contribution in [0.4, 0.5) is 0 Å². The zero-order valence-corrected chi connectivity index (χ0v) is 10.9. The van der Waals surface area contributed by atoms with Gasteiger partial charge in [0.1, 0.15) is 5.76 Å². The molecule has 1 heterocycles. The van der Waals surface area contributed by atoms with Gasteiger partial charge in [0.2, 0.25) is 0 Å². The SMILES string of the molecule is CN(Cc1cccc(Cl)c1)Cc1ccc(C=O)o1. The fraction of sp³-hybridized carbons (Fsp3) is 0.214. The molecule has 0 N–H and O–H groups in total. The lowest BCUT2D eigenvalue weighted by atomic mass is 10.2. The van der Waals surface area contributed by atoms with Crippen molar-refractivity contribution in [2.24, 2.45) is 0 Å². The maximum atomic E-state index is 10.5. The third-order valence-electron chi connectivity index (χ3n) is 2.57. The summed E-state index contributed by atoms with van der Waals surface area (Å²) < 4.78 is 5.33. The van der Waals surface area contributed by atoms with Crippen LogP contribution in [0.2, 0.25) is 5.02 Å². The van der Waals surface area contributed by atoms with E-state index < -0.39 is 0 Å². The Morgan fingerprint density at radius 1 is 1.28 bits per heavy atom. The van der Waals surface area contributed by atoms with E-state index in [4.69, 9.17) is 16.0 Å². The molecule has 0 amide bonds. The molecule has 0 unspecified atom stereocenters. The van der Waals surface area contributed by atoms with Gasteiger partial charge in [-0.15, -0.1) is 0 Å². The van der Waals surface area contributed by atoms with E-state index >= 15 is 0 Å². The standard InChI is InChI=1S/C14H14ClNO2/c1-16(8-11-3-2-4-12(15)7-11)9-13-5-6-14(10-17)18-13/h2-7,10H,8-9H2,1H3. The van der Waals surface area contributed by atoms with Crippen molar-refractivity contribution in [3.8, 4) is 0 Å². The van der Waals surface area contributed by atoms with Gasteiger partial charge in [-0.3, -0.25) is 9.69 Å². The third-order valence-corrected chi connectivity index (χ3v) is 2.80. The minimum atomic E-state index is 0.362. The number of carbonyl (C=O) groups is 1. The molecule has 0 saturated carbocycles. The first-order chi connectivity index (χ1) is 8.67. The Morgan fingerprint density at radius 2 is 2.11 bits per heavy atom. The van der Waals surface area contributed by atoms with Crippen LogP contribution < -0.4 is 0 Å². The van der Waals surface area contributed by atoms with Gasteiger partial charge in [0.25, 0.3) is 0 Å². The molecule has 0 radical (unpaired) electrons. The topological polar surface area (TPSA) is 33.5 Å². The highest BCUT2D eigenvalue weighted by Crippen LogP contribution is 2.14. The van der Waals surface area contributed by atoms with Gasteiger partial charge < -0.3 is 4.42 Å². The van der Waals surface area contributed by atoms with Crippen LogP contribution in [0.1, 0.15) is 21.9 Å². The van der Waals surface area contributed by atoms with Crippen LogP contribution in [0.5, 0.6) is 0 Å². The van der Waals surface area contributed by atoms with Crippen molar-refractivity contribution in [1.29, 1.82) is 0 Å². The molecule has 3 nitrogen and oxygen atoms in total. The molecule has 0 aliphatic heterocycles. The van der Waals surface area contributed by atoms with Crippen LogP contribution in [0, 0.1) is 0 Å². The van der Waals surface area contributed by atoms with Crippen molar-refractivity contribution in [3.05, 3.63) is 58.5 Å². The van der Waals surface area contributed by atoms with E-state index in [0.717, 1.165) is 22.9 Å². The molecule has 0 bridgehead atoms. The van der Waals surface area contributed by atoms with Crippen molar-refractivity contribution in [1.82, 2.24) is 4.90 Å². The molecule has 0 aliphatic carbocycles. The number of aldehydes is 1. The number of carbonyl (C=O) groups excluding carboxylic acids is 1. The number of nitrogens with zero attached hydrogens (tertiary/aromatic N) is 1. The average molecular weight is 264 g/mol. The molecule has 1 aromatic heterocycles. The van der Waals surface area contributed by atoms with Gasteiger partial charge >= 0.3 is 0 Å². The minimum absolute atomic E-state index is 0.362. The van der Waals surface area contributed by atoms with E-state index in [9.17, 15) is 4.79 Å². The van der Waals surface area contributed by atoms with Gasteiger partial charge in [0.05, 0.1) is 6.54 Å². The zero-order chi connectivity index (χ0) is 13.0. The monoisotopic (exact) mass is 263 g/mol. The Hall–Kier alpha value is -1.58. The molecule has 1 aromatic carbocycles. The summed E-state index contributed by atoms with van der Waals surface area (Å²) in [5.74, 6) is 1.14. The Bertz CT molecular complexity index is 536. The third kappa shape index (κ3) is 3.45. The second-order valence-corrected chi connectivity index (χ2v) is 4.66. The largest absolute Gasteiger partial charge is 0.457 e. The summed E-state index contributed by atoms with van der Waals surface area (Å²) in [6, 6.07) is 11.3. The Labute approximate surface area is 111 Å². The van der Waals surface area contributed by atoms with Crippen LogP contribution >= 0.6 is 11.6 Å². The molecule has 0 fully saturated rings. The lowest BCUT2D eigenvalue weighted by molar-refractivity contribution is 0.109. The van der Waals surface area contributed by atoms with Gasteiger partial charge in [-0.1, -0.05) is 23.7 Å². The summed E-state index contributed by atoms with van der Waals surface area (Å²) in [7, 11) is 1.99. The predicted octanol–water partition coefficient (Wildman–Crippen LogP) is 3.38. The highest BCUT2D eigenvalue weighted by atomic mass is 35.5. The first-order valence-electron chi connectivity index (χ1n) is 5.64. The van der Waals surface area contributed by atoms with Crippen LogP contribution in [0.15, 0.2) is 40.8 Å². The quantitative estimate of drug-likeness (QED) is 0.776. The fourth-order valence-electron chi connectivity index (χ4n) is 1.81. The van der Waals surface area contributed by atoms with Gasteiger partial charge in [-0.05, 0) is 36.9 Å². The van der Waals surface area contributed by atoms with Crippen LogP contribution in [0.25, 0.3) is 0 Å². The lowest BCUT2D eigenvalue weighted by Crippen LogP contribution is -2.16. The van der Waals surface area contributed by atoms with E-state index in [2.05, 4.69) is 4.90 Å². The molecular weight excluding hydrogens is 250 g/mol. The highest BCUT2D eigenvalue weighted by molar-refractivity contribution is 6.30. The number of furan rings is 1. The van der Waals surface area contributed by atoms with E-state index in [1.807, 2.05) is 37.4 Å². The maximum absolute atomic E-state index is 10.5. The number of hydrogen-bond acceptors (Lipinski definition) is 3. The molecule has 2 aromatic rings. The van der Waals surface area contributed by atoms with Crippen LogP contribution in [0.3, 0.4) is 0 Å². The summed E-state index contributed by atoms with van der Waals surface area (Å²) in [6.45, 7) is 1.43. The van der Waals surface area contributed by atoms with E-state index in [0.29, 0.717) is 18.6 Å². The predicted molar refractivity (Wildman–Crippen MR) is 70.7 cm³/mol. The van der Waals surface area contributed by atoms with Crippen molar-refractivity contribution in [2.45, 2.75) is 13.1 Å². The molecule has 0 saturated heterocycles. The zero-order valence-electron chi connectivity index (χ0n) is 10.1. The molecular formula is C14H14ClNO2. The van der Waals surface area contributed by atoms with E-state index in [-0.39, 0.29) is 0 Å². The summed E-state index contributed by atoms with van der Waals surface area (Å²) in [5, 5.41) is 0.738. The lowest BCUT2D eigenvalue weighted by Gasteiger charge is -2.15. The fourth-order valence-corrected chi connectivity index (χ4v) is 2.02. The van der Waals surface area contributed by atoms with Crippen molar-refractivity contribution < 1.29 is 9.21 Å². The Balaban J connectivity index is 1.96. The molecule has 4 heteroatoms.